The van der Waals surface area contributed by atoms with Crippen LogP contribution in [0.5, 0.6) is 0 Å². The van der Waals surface area contributed by atoms with Gasteiger partial charge in [0.2, 0.25) is 0 Å². The monoisotopic (exact) mass is 267 g/mol. The molecule has 0 spiro atoms. The summed E-state index contributed by atoms with van der Waals surface area (Å²) in [6.45, 7) is 0. The van der Waals surface area contributed by atoms with Crippen molar-refractivity contribution >= 4 is 23.4 Å². The number of benzene rings is 1. The predicted molar refractivity (Wildman–Crippen MR) is 62.6 cm³/mol. The van der Waals surface area contributed by atoms with Gasteiger partial charge in [-0.25, -0.2) is 9.18 Å². The molecule has 1 aromatic heterocycles. The Balaban J connectivity index is 2.38. The molecule has 0 unspecified atom stereocenters. The van der Waals surface area contributed by atoms with Crippen molar-refractivity contribution in [3.8, 4) is 0 Å². The largest absolute Gasteiger partial charge is 0.477 e. The Morgan fingerprint density at radius 1 is 1.28 bits per heavy atom. The van der Waals surface area contributed by atoms with E-state index in [0.717, 1.165) is 12.1 Å². The first-order valence-electron chi connectivity index (χ1n) is 4.90. The highest BCUT2D eigenvalue weighted by molar-refractivity contribution is 6.35. The molecule has 2 aromatic rings. The van der Waals surface area contributed by atoms with Crippen LogP contribution in [0.1, 0.15) is 26.4 Å². The number of carbonyl (C=O) groups excluding carboxylic acids is 1. The van der Waals surface area contributed by atoms with Gasteiger partial charge in [-0.3, -0.25) is 4.79 Å². The molecule has 18 heavy (non-hydrogen) atoms. The number of ketones is 1. The van der Waals surface area contributed by atoms with Gasteiger partial charge in [-0.1, -0.05) is 11.6 Å². The predicted octanol–water partition coefficient (Wildman–Crippen LogP) is 2.74. The molecule has 0 aliphatic rings. The van der Waals surface area contributed by atoms with Crippen molar-refractivity contribution in [3.63, 3.8) is 0 Å². The summed E-state index contributed by atoms with van der Waals surface area (Å²) in [5.41, 5.74) is 0.173. The van der Waals surface area contributed by atoms with Gasteiger partial charge in [0.1, 0.15) is 11.5 Å². The third-order valence-corrected chi connectivity index (χ3v) is 2.66. The Hall–Kier alpha value is -2.14. The highest BCUT2D eigenvalue weighted by atomic mass is 35.5. The van der Waals surface area contributed by atoms with Gasteiger partial charge in [0.25, 0.3) is 0 Å². The summed E-state index contributed by atoms with van der Waals surface area (Å²) in [5, 5.41) is 8.71. The minimum Gasteiger partial charge on any atom is -0.477 e. The standard InChI is InChI=1S/C12H7ClFNO3/c13-9-4-7(14)1-2-8(9)11(16)6-3-10(12(17)18)15-5-6/h1-5,15H,(H,17,18). The van der Waals surface area contributed by atoms with Gasteiger partial charge in [0.05, 0.1) is 5.02 Å². The second kappa shape index (κ2) is 4.62. The van der Waals surface area contributed by atoms with Crippen LogP contribution in [0.25, 0.3) is 0 Å². The van der Waals surface area contributed by atoms with Crippen molar-refractivity contribution in [3.05, 3.63) is 58.1 Å². The van der Waals surface area contributed by atoms with Crippen LogP contribution in [0.4, 0.5) is 4.39 Å². The fourth-order valence-corrected chi connectivity index (χ4v) is 1.73. The van der Waals surface area contributed by atoms with E-state index in [9.17, 15) is 14.0 Å². The Kier molecular flexibility index (Phi) is 3.16. The maximum absolute atomic E-state index is 12.8. The summed E-state index contributed by atoms with van der Waals surface area (Å²) in [5.74, 6) is -2.18. The molecular weight excluding hydrogens is 261 g/mol. The molecule has 2 rings (SSSR count). The van der Waals surface area contributed by atoms with Crippen molar-refractivity contribution in [1.82, 2.24) is 4.98 Å². The van der Waals surface area contributed by atoms with E-state index in [1.165, 1.54) is 18.3 Å². The summed E-state index contributed by atoms with van der Waals surface area (Å²) in [4.78, 5) is 25.1. The number of carbonyl (C=O) groups is 2. The third kappa shape index (κ3) is 2.26. The SMILES string of the molecule is O=C(O)c1cc(C(=O)c2ccc(F)cc2Cl)c[nH]1. The van der Waals surface area contributed by atoms with Crippen molar-refractivity contribution in [2.75, 3.05) is 0 Å². The van der Waals surface area contributed by atoms with E-state index >= 15 is 0 Å². The van der Waals surface area contributed by atoms with Gasteiger partial charge >= 0.3 is 5.97 Å². The van der Waals surface area contributed by atoms with Gasteiger partial charge in [-0.15, -0.1) is 0 Å². The summed E-state index contributed by atoms with van der Waals surface area (Å²) in [6, 6.07) is 4.60. The Bertz CT molecular complexity index is 636. The normalized spacial score (nSPS) is 10.3. The number of nitrogens with one attached hydrogen (secondary N) is 1. The smallest absolute Gasteiger partial charge is 0.352 e. The molecule has 6 heteroatoms. The number of hydrogen-bond donors (Lipinski definition) is 2. The quantitative estimate of drug-likeness (QED) is 0.840. The van der Waals surface area contributed by atoms with Crippen LogP contribution in [-0.4, -0.2) is 21.8 Å². The van der Waals surface area contributed by atoms with Crippen LogP contribution in [0.15, 0.2) is 30.5 Å². The number of hydrogen-bond acceptors (Lipinski definition) is 2. The molecule has 1 heterocycles. The first-order valence-corrected chi connectivity index (χ1v) is 5.28. The molecule has 2 N–H and O–H groups in total. The van der Waals surface area contributed by atoms with Crippen LogP contribution in [0.2, 0.25) is 5.02 Å². The first kappa shape index (κ1) is 12.3. The van der Waals surface area contributed by atoms with Gasteiger partial charge in [0.15, 0.2) is 5.78 Å². The minimum absolute atomic E-state index is 0.0157. The van der Waals surface area contributed by atoms with E-state index in [1.54, 1.807) is 0 Å². The number of aromatic carboxylic acids is 1. The minimum atomic E-state index is -1.17. The molecule has 92 valence electrons. The molecule has 0 aliphatic heterocycles. The topological polar surface area (TPSA) is 70.2 Å². The Morgan fingerprint density at radius 2 is 2.00 bits per heavy atom. The van der Waals surface area contributed by atoms with Crippen molar-refractivity contribution in [2.45, 2.75) is 0 Å². The van der Waals surface area contributed by atoms with Crippen LogP contribution < -0.4 is 0 Å². The summed E-state index contributed by atoms with van der Waals surface area (Å²) in [7, 11) is 0. The molecule has 0 fully saturated rings. The fraction of sp³-hybridized carbons (Fsp3) is 0. The number of rotatable bonds is 3. The van der Waals surface area contributed by atoms with Crippen molar-refractivity contribution in [2.24, 2.45) is 0 Å². The van der Waals surface area contributed by atoms with Crippen LogP contribution in [0.3, 0.4) is 0 Å². The maximum Gasteiger partial charge on any atom is 0.352 e. The summed E-state index contributed by atoms with van der Waals surface area (Å²) >= 11 is 5.76. The lowest BCUT2D eigenvalue weighted by Gasteiger charge is -2.01. The van der Waals surface area contributed by atoms with Gasteiger partial charge in [0, 0.05) is 17.3 Å². The van der Waals surface area contributed by atoms with E-state index in [-0.39, 0.29) is 21.8 Å². The number of aromatic nitrogens is 1. The number of H-pyrrole nitrogens is 1. The Labute approximate surface area is 106 Å². The molecule has 0 saturated carbocycles. The number of halogens is 2. The van der Waals surface area contributed by atoms with E-state index in [0.29, 0.717) is 0 Å². The molecule has 0 aliphatic carbocycles. The molecule has 1 aromatic carbocycles. The average molecular weight is 268 g/mol. The highest BCUT2D eigenvalue weighted by Crippen LogP contribution is 2.21. The molecular formula is C12H7ClFNO3. The lowest BCUT2D eigenvalue weighted by atomic mass is 10.1. The number of carboxylic acid groups (broad SMARTS) is 1. The summed E-state index contributed by atoms with van der Waals surface area (Å²) in [6.07, 6.45) is 1.27. The average Bonchev–Trinajstić information content (AvgIpc) is 2.77. The third-order valence-electron chi connectivity index (χ3n) is 2.35. The highest BCUT2D eigenvalue weighted by Gasteiger charge is 2.16. The molecule has 0 saturated heterocycles. The number of aromatic amines is 1. The van der Waals surface area contributed by atoms with Crippen LogP contribution >= 0.6 is 11.6 Å². The van der Waals surface area contributed by atoms with E-state index in [2.05, 4.69) is 4.98 Å². The van der Waals surface area contributed by atoms with Crippen molar-refractivity contribution < 1.29 is 19.1 Å². The second-order valence-corrected chi connectivity index (χ2v) is 3.97. The lowest BCUT2D eigenvalue weighted by molar-refractivity contribution is 0.0691. The lowest BCUT2D eigenvalue weighted by Crippen LogP contribution is -2.01. The molecule has 0 atom stereocenters. The van der Waals surface area contributed by atoms with Gasteiger partial charge in [-0.2, -0.15) is 0 Å². The molecule has 0 bridgehead atoms. The second-order valence-electron chi connectivity index (χ2n) is 3.56. The van der Waals surface area contributed by atoms with E-state index in [1.807, 2.05) is 0 Å². The summed E-state index contributed by atoms with van der Waals surface area (Å²) < 4.78 is 12.8. The zero-order chi connectivity index (χ0) is 13.3. The maximum atomic E-state index is 12.8. The van der Waals surface area contributed by atoms with Crippen molar-refractivity contribution in [1.29, 1.82) is 0 Å². The van der Waals surface area contributed by atoms with Crippen LogP contribution in [0, 0.1) is 5.82 Å². The number of carboxylic acids is 1. The van der Waals surface area contributed by atoms with Gasteiger partial charge < -0.3 is 10.1 Å². The van der Waals surface area contributed by atoms with Crippen LogP contribution in [-0.2, 0) is 0 Å². The zero-order valence-electron chi connectivity index (χ0n) is 8.91. The first-order chi connectivity index (χ1) is 8.49. The molecule has 4 nitrogen and oxygen atoms in total. The van der Waals surface area contributed by atoms with E-state index in [4.69, 9.17) is 16.7 Å². The van der Waals surface area contributed by atoms with E-state index < -0.39 is 17.6 Å². The Morgan fingerprint density at radius 3 is 2.56 bits per heavy atom. The zero-order valence-corrected chi connectivity index (χ0v) is 9.66. The fourth-order valence-electron chi connectivity index (χ4n) is 1.48. The molecule has 0 amide bonds. The van der Waals surface area contributed by atoms with Gasteiger partial charge in [-0.05, 0) is 24.3 Å². The molecule has 0 radical (unpaired) electrons.